The molecule has 2 aromatic carbocycles. The van der Waals surface area contributed by atoms with E-state index in [1.807, 2.05) is 0 Å². The van der Waals surface area contributed by atoms with Gasteiger partial charge >= 0.3 is 0 Å². The minimum absolute atomic E-state index is 0.264. The Morgan fingerprint density at radius 3 is 2.64 bits per heavy atom. The van der Waals surface area contributed by atoms with Gasteiger partial charge in [0, 0.05) is 29.9 Å². The number of hydrogen-bond donors (Lipinski definition) is 1. The third-order valence-electron chi connectivity index (χ3n) is 3.76. The van der Waals surface area contributed by atoms with Gasteiger partial charge in [0.2, 0.25) is 5.88 Å². The Hall–Kier alpha value is -3.12. The molecule has 0 fully saturated rings. The topological polar surface area (TPSA) is 60.5 Å². The predicted octanol–water partition coefficient (Wildman–Crippen LogP) is 4.75. The normalized spacial score (nSPS) is 11.5. The van der Waals surface area contributed by atoms with Crippen molar-refractivity contribution in [3.8, 4) is 17.4 Å². The van der Waals surface area contributed by atoms with Crippen LogP contribution < -0.4 is 14.8 Å². The van der Waals surface area contributed by atoms with Gasteiger partial charge in [0.05, 0.1) is 0 Å². The van der Waals surface area contributed by atoms with Crippen LogP contribution in [0.15, 0.2) is 66.9 Å². The number of carbonyl (C=O) groups excluding carboxylic acids is 1. The third-order valence-corrected chi connectivity index (χ3v) is 4.00. The van der Waals surface area contributed by atoms with E-state index in [-0.39, 0.29) is 18.3 Å². The van der Waals surface area contributed by atoms with Crippen molar-refractivity contribution in [3.05, 3.63) is 83.3 Å². The molecule has 7 heteroatoms. The highest BCUT2D eigenvalue weighted by atomic mass is 35.5. The molecule has 1 N–H and O–H groups in total. The monoisotopic (exact) mass is 400 g/mol. The van der Waals surface area contributed by atoms with Crippen molar-refractivity contribution < 1.29 is 18.7 Å². The molecule has 3 aromatic rings. The molecule has 0 aliphatic rings. The predicted molar refractivity (Wildman–Crippen MR) is 104 cm³/mol. The molecule has 1 amide bonds. The van der Waals surface area contributed by atoms with Crippen LogP contribution >= 0.6 is 11.6 Å². The van der Waals surface area contributed by atoms with Crippen LogP contribution in [0.5, 0.6) is 17.4 Å². The summed E-state index contributed by atoms with van der Waals surface area (Å²) in [5.74, 6) is 0.570. The zero-order valence-corrected chi connectivity index (χ0v) is 15.8. The van der Waals surface area contributed by atoms with E-state index in [0.29, 0.717) is 22.4 Å². The van der Waals surface area contributed by atoms with Gasteiger partial charge in [-0.1, -0.05) is 29.8 Å². The van der Waals surface area contributed by atoms with Crippen molar-refractivity contribution in [1.82, 2.24) is 10.3 Å². The van der Waals surface area contributed by atoms with E-state index in [1.54, 1.807) is 61.7 Å². The SMILES string of the molecule is CC(Oc1cccc(Cl)c1)C(=O)NCc1ccc(Oc2cccc(F)c2)nc1. The van der Waals surface area contributed by atoms with Crippen molar-refractivity contribution >= 4 is 17.5 Å². The molecule has 5 nitrogen and oxygen atoms in total. The summed E-state index contributed by atoms with van der Waals surface area (Å²) < 4.78 is 24.2. The summed E-state index contributed by atoms with van der Waals surface area (Å²) in [5, 5.41) is 3.32. The highest BCUT2D eigenvalue weighted by Gasteiger charge is 2.14. The van der Waals surface area contributed by atoms with Gasteiger partial charge in [0.25, 0.3) is 5.91 Å². The van der Waals surface area contributed by atoms with Crippen LogP contribution in [-0.2, 0) is 11.3 Å². The summed E-state index contributed by atoms with van der Waals surface area (Å²) in [6.07, 6.45) is 0.902. The molecule has 0 aliphatic carbocycles. The molecular formula is C21H18ClFN2O3. The number of benzene rings is 2. The first-order valence-corrected chi connectivity index (χ1v) is 8.96. The average molecular weight is 401 g/mol. The maximum atomic E-state index is 13.2. The molecule has 0 spiro atoms. The Morgan fingerprint density at radius 1 is 1.14 bits per heavy atom. The fourth-order valence-corrected chi connectivity index (χ4v) is 2.54. The molecule has 144 valence electrons. The molecule has 0 saturated heterocycles. The van der Waals surface area contributed by atoms with E-state index in [0.717, 1.165) is 5.56 Å². The Balaban J connectivity index is 1.50. The molecule has 0 aliphatic heterocycles. The number of aromatic nitrogens is 1. The lowest BCUT2D eigenvalue weighted by Gasteiger charge is -2.15. The highest BCUT2D eigenvalue weighted by molar-refractivity contribution is 6.30. The van der Waals surface area contributed by atoms with E-state index in [4.69, 9.17) is 21.1 Å². The second-order valence-electron chi connectivity index (χ2n) is 6.00. The van der Waals surface area contributed by atoms with Crippen molar-refractivity contribution in [1.29, 1.82) is 0 Å². The van der Waals surface area contributed by atoms with Crippen molar-refractivity contribution in [2.24, 2.45) is 0 Å². The van der Waals surface area contributed by atoms with Crippen LogP contribution in [0.1, 0.15) is 12.5 Å². The van der Waals surface area contributed by atoms with Crippen LogP contribution in [0.25, 0.3) is 0 Å². The number of rotatable bonds is 7. The number of amides is 1. The zero-order chi connectivity index (χ0) is 19.9. The van der Waals surface area contributed by atoms with Crippen LogP contribution in [-0.4, -0.2) is 17.0 Å². The Morgan fingerprint density at radius 2 is 1.93 bits per heavy atom. The lowest BCUT2D eigenvalue weighted by Crippen LogP contribution is -2.35. The van der Waals surface area contributed by atoms with Crippen molar-refractivity contribution in [3.63, 3.8) is 0 Å². The van der Waals surface area contributed by atoms with Crippen LogP contribution in [0.2, 0.25) is 5.02 Å². The van der Waals surface area contributed by atoms with Gasteiger partial charge in [0.15, 0.2) is 6.10 Å². The Bertz CT molecular complexity index is 950. The molecule has 0 saturated carbocycles. The minimum Gasteiger partial charge on any atom is -0.481 e. The molecule has 1 aromatic heterocycles. The summed E-state index contributed by atoms with van der Waals surface area (Å²) in [6, 6.07) is 16.1. The minimum atomic E-state index is -0.679. The first-order valence-electron chi connectivity index (χ1n) is 8.58. The molecule has 0 bridgehead atoms. The lowest BCUT2D eigenvalue weighted by molar-refractivity contribution is -0.127. The van der Waals surface area contributed by atoms with Crippen molar-refractivity contribution in [2.45, 2.75) is 19.6 Å². The van der Waals surface area contributed by atoms with Crippen molar-refractivity contribution in [2.75, 3.05) is 0 Å². The average Bonchev–Trinajstić information content (AvgIpc) is 2.67. The highest BCUT2D eigenvalue weighted by Crippen LogP contribution is 2.20. The van der Waals surface area contributed by atoms with E-state index >= 15 is 0 Å². The summed E-state index contributed by atoms with van der Waals surface area (Å²) in [5.41, 5.74) is 0.787. The van der Waals surface area contributed by atoms with Crippen LogP contribution in [0.3, 0.4) is 0 Å². The smallest absolute Gasteiger partial charge is 0.261 e. The van der Waals surface area contributed by atoms with E-state index in [2.05, 4.69) is 10.3 Å². The Labute approximate surface area is 167 Å². The molecule has 28 heavy (non-hydrogen) atoms. The standard InChI is InChI=1S/C21H18ClFN2O3/c1-14(27-18-6-2-4-16(22)10-18)21(26)25-13-15-8-9-20(24-12-15)28-19-7-3-5-17(23)11-19/h2-12,14H,13H2,1H3,(H,25,26). The van der Waals surface area contributed by atoms with Gasteiger partial charge in [-0.05, 0) is 42.8 Å². The summed E-state index contributed by atoms with van der Waals surface area (Å²) in [7, 11) is 0. The first-order chi connectivity index (χ1) is 13.5. The van der Waals surface area contributed by atoms with Gasteiger partial charge in [-0.15, -0.1) is 0 Å². The molecule has 1 atom stereocenters. The fraction of sp³-hybridized carbons (Fsp3) is 0.143. The number of ether oxygens (including phenoxy) is 2. The summed E-state index contributed by atoms with van der Waals surface area (Å²) >= 11 is 5.90. The number of nitrogens with one attached hydrogen (secondary N) is 1. The molecule has 1 heterocycles. The number of hydrogen-bond acceptors (Lipinski definition) is 4. The van der Waals surface area contributed by atoms with Gasteiger partial charge in [-0.3, -0.25) is 4.79 Å². The largest absolute Gasteiger partial charge is 0.481 e. The summed E-state index contributed by atoms with van der Waals surface area (Å²) in [4.78, 5) is 16.4. The molecular weight excluding hydrogens is 383 g/mol. The maximum absolute atomic E-state index is 13.2. The van der Waals surface area contributed by atoms with Gasteiger partial charge < -0.3 is 14.8 Å². The van der Waals surface area contributed by atoms with E-state index in [9.17, 15) is 9.18 Å². The van der Waals surface area contributed by atoms with E-state index in [1.165, 1.54) is 12.1 Å². The zero-order valence-electron chi connectivity index (χ0n) is 15.1. The number of halogens is 2. The second kappa shape index (κ2) is 9.19. The molecule has 0 radical (unpaired) electrons. The first kappa shape index (κ1) is 19.6. The lowest BCUT2D eigenvalue weighted by atomic mass is 10.2. The van der Waals surface area contributed by atoms with E-state index < -0.39 is 6.10 Å². The number of pyridine rings is 1. The quantitative estimate of drug-likeness (QED) is 0.621. The second-order valence-corrected chi connectivity index (χ2v) is 6.44. The fourth-order valence-electron chi connectivity index (χ4n) is 2.36. The summed E-state index contributed by atoms with van der Waals surface area (Å²) in [6.45, 7) is 1.94. The third kappa shape index (κ3) is 5.69. The Kier molecular flexibility index (Phi) is 6.45. The van der Waals surface area contributed by atoms with Gasteiger partial charge in [-0.25, -0.2) is 9.37 Å². The number of nitrogens with zero attached hydrogens (tertiary/aromatic N) is 1. The maximum Gasteiger partial charge on any atom is 0.261 e. The molecule has 3 rings (SSSR count). The number of carbonyl (C=O) groups is 1. The van der Waals surface area contributed by atoms with Crippen LogP contribution in [0, 0.1) is 5.82 Å². The van der Waals surface area contributed by atoms with Gasteiger partial charge in [0.1, 0.15) is 17.3 Å². The van der Waals surface area contributed by atoms with Gasteiger partial charge in [-0.2, -0.15) is 0 Å². The molecule has 1 unspecified atom stereocenters. The van der Waals surface area contributed by atoms with Crippen LogP contribution in [0.4, 0.5) is 4.39 Å².